The second kappa shape index (κ2) is 11.9. The number of amides is 1. The van der Waals surface area contributed by atoms with Gasteiger partial charge in [0.1, 0.15) is 12.4 Å². The number of benzene rings is 2. The summed E-state index contributed by atoms with van der Waals surface area (Å²) in [6.45, 7) is 3.03. The Labute approximate surface area is 173 Å². The number of ether oxygens (including phenoxy) is 1. The van der Waals surface area contributed by atoms with E-state index in [1.54, 1.807) is 6.92 Å². The van der Waals surface area contributed by atoms with Gasteiger partial charge in [-0.05, 0) is 69.1 Å². The van der Waals surface area contributed by atoms with Crippen LogP contribution in [-0.2, 0) is 17.8 Å². The van der Waals surface area contributed by atoms with Crippen LogP contribution in [0.4, 0.5) is 0 Å². The van der Waals surface area contributed by atoms with E-state index in [9.17, 15) is 10.0 Å². The van der Waals surface area contributed by atoms with E-state index in [0.717, 1.165) is 35.8 Å². The first-order chi connectivity index (χ1) is 14.0. The predicted molar refractivity (Wildman–Crippen MR) is 115 cm³/mol. The highest BCUT2D eigenvalue weighted by Gasteiger charge is 2.17. The van der Waals surface area contributed by atoms with Crippen LogP contribution >= 0.6 is 0 Å². The maximum absolute atomic E-state index is 11.2. The largest absolute Gasteiger partial charge is 0.481 e. The zero-order chi connectivity index (χ0) is 21.1. The minimum absolute atomic E-state index is 0.351. The monoisotopic (exact) mass is 394 g/mol. The quantitative estimate of drug-likeness (QED) is 0.270. The molecule has 1 unspecified atom stereocenters. The zero-order valence-electron chi connectivity index (χ0n) is 17.5. The fraction of sp³-hybridized carbons (Fsp3) is 0.375. The molecule has 0 radical (unpaired) electrons. The molecular formula is C24H30N2O3. The van der Waals surface area contributed by atoms with Crippen LogP contribution in [0.5, 0.6) is 5.75 Å². The van der Waals surface area contributed by atoms with Crippen molar-refractivity contribution >= 4 is 6.41 Å². The first kappa shape index (κ1) is 22.5. The molecule has 0 fully saturated rings. The second-order valence-electron chi connectivity index (χ2n) is 7.23. The Morgan fingerprint density at radius 3 is 2.31 bits per heavy atom. The first-order valence-corrected chi connectivity index (χ1v) is 9.81. The van der Waals surface area contributed by atoms with Crippen LogP contribution in [0.25, 0.3) is 0 Å². The van der Waals surface area contributed by atoms with Crippen LogP contribution in [0.15, 0.2) is 48.5 Å². The van der Waals surface area contributed by atoms with E-state index in [4.69, 9.17) is 4.74 Å². The van der Waals surface area contributed by atoms with Gasteiger partial charge in [0.2, 0.25) is 6.41 Å². The molecule has 0 bridgehead atoms. The van der Waals surface area contributed by atoms with Gasteiger partial charge in [-0.3, -0.25) is 10.0 Å². The molecule has 2 aromatic rings. The van der Waals surface area contributed by atoms with Crippen molar-refractivity contribution in [3.63, 3.8) is 0 Å². The van der Waals surface area contributed by atoms with Crippen molar-refractivity contribution in [3.05, 3.63) is 65.2 Å². The molecule has 2 rings (SSSR count). The molecule has 5 heteroatoms. The summed E-state index contributed by atoms with van der Waals surface area (Å²) in [6.07, 6.45) is 2.85. The minimum Gasteiger partial charge on any atom is -0.481 e. The molecule has 5 nitrogen and oxygen atoms in total. The van der Waals surface area contributed by atoms with Gasteiger partial charge in [-0.15, -0.1) is 5.92 Å². The van der Waals surface area contributed by atoms with Gasteiger partial charge >= 0.3 is 0 Å². The van der Waals surface area contributed by atoms with E-state index in [0.29, 0.717) is 19.4 Å². The number of aryl methyl sites for hydroxylation is 1. The SMILES string of the molecule is CC#CCOc1ccc(CCCC(c2ccc(CN(C)C)cc2)N(O)C=O)cc1. The summed E-state index contributed by atoms with van der Waals surface area (Å²) in [7, 11) is 4.05. The molecule has 0 aromatic heterocycles. The maximum Gasteiger partial charge on any atom is 0.233 e. The molecule has 0 aliphatic carbocycles. The summed E-state index contributed by atoms with van der Waals surface area (Å²) in [5.74, 6) is 6.47. The van der Waals surface area contributed by atoms with Crippen LogP contribution in [-0.4, -0.2) is 42.3 Å². The fourth-order valence-corrected chi connectivity index (χ4v) is 3.18. The number of carbonyl (C=O) groups is 1. The highest BCUT2D eigenvalue weighted by atomic mass is 16.5. The highest BCUT2D eigenvalue weighted by molar-refractivity contribution is 5.46. The van der Waals surface area contributed by atoms with Gasteiger partial charge in [0.05, 0.1) is 6.04 Å². The molecule has 0 saturated carbocycles. The van der Waals surface area contributed by atoms with Gasteiger partial charge in [-0.1, -0.05) is 42.3 Å². The molecule has 154 valence electrons. The molecule has 1 N–H and O–H groups in total. The smallest absolute Gasteiger partial charge is 0.233 e. The molecule has 0 saturated heterocycles. The molecule has 0 heterocycles. The Kier molecular flexibility index (Phi) is 9.23. The molecule has 1 atom stereocenters. The summed E-state index contributed by atoms with van der Waals surface area (Å²) in [5, 5.41) is 10.8. The van der Waals surface area contributed by atoms with Gasteiger partial charge in [0.25, 0.3) is 0 Å². The maximum atomic E-state index is 11.2. The highest BCUT2D eigenvalue weighted by Crippen LogP contribution is 2.25. The van der Waals surface area contributed by atoms with E-state index in [1.807, 2.05) is 62.6 Å². The van der Waals surface area contributed by atoms with Gasteiger partial charge in [0.15, 0.2) is 0 Å². The topological polar surface area (TPSA) is 53.0 Å². The lowest BCUT2D eigenvalue weighted by Crippen LogP contribution is -2.24. The average molecular weight is 395 g/mol. The Morgan fingerprint density at radius 1 is 1.07 bits per heavy atom. The van der Waals surface area contributed by atoms with Crippen LogP contribution in [0.1, 0.15) is 42.5 Å². The standard InChI is InChI=1S/C24H30N2O3/c1-4-5-17-29-23-15-11-20(12-16-23)7-6-8-24(26(28)19-27)22-13-9-21(10-14-22)18-25(2)3/h9-16,19,24,28H,6-8,17-18H2,1-3H3. The lowest BCUT2D eigenvalue weighted by molar-refractivity contribution is -0.161. The summed E-state index contributed by atoms with van der Waals surface area (Å²) >= 11 is 0. The average Bonchev–Trinajstić information content (AvgIpc) is 2.72. The van der Waals surface area contributed by atoms with E-state index < -0.39 is 0 Å². The normalized spacial score (nSPS) is 11.5. The lowest BCUT2D eigenvalue weighted by Gasteiger charge is -2.23. The number of rotatable bonds is 11. The van der Waals surface area contributed by atoms with Crippen molar-refractivity contribution in [2.24, 2.45) is 0 Å². The molecule has 0 aliphatic rings. The van der Waals surface area contributed by atoms with Crippen molar-refractivity contribution < 1.29 is 14.7 Å². The van der Waals surface area contributed by atoms with E-state index in [1.165, 1.54) is 11.1 Å². The third-order valence-electron chi connectivity index (χ3n) is 4.64. The van der Waals surface area contributed by atoms with Crippen molar-refractivity contribution in [1.29, 1.82) is 0 Å². The molecular weight excluding hydrogens is 364 g/mol. The molecule has 0 aliphatic heterocycles. The third-order valence-corrected chi connectivity index (χ3v) is 4.64. The van der Waals surface area contributed by atoms with Gasteiger partial charge < -0.3 is 9.64 Å². The van der Waals surface area contributed by atoms with E-state index in [-0.39, 0.29) is 6.04 Å². The summed E-state index contributed by atoms with van der Waals surface area (Å²) in [5.41, 5.74) is 3.32. The van der Waals surface area contributed by atoms with Crippen molar-refractivity contribution in [1.82, 2.24) is 9.96 Å². The van der Waals surface area contributed by atoms with Crippen LogP contribution in [0.2, 0.25) is 0 Å². The van der Waals surface area contributed by atoms with Crippen molar-refractivity contribution in [3.8, 4) is 17.6 Å². The molecule has 1 amide bonds. The van der Waals surface area contributed by atoms with Crippen molar-refractivity contribution in [2.45, 2.75) is 38.8 Å². The Hall–Kier alpha value is -2.81. The molecule has 29 heavy (non-hydrogen) atoms. The van der Waals surface area contributed by atoms with Crippen LogP contribution in [0.3, 0.4) is 0 Å². The zero-order valence-corrected chi connectivity index (χ0v) is 17.5. The predicted octanol–water partition coefficient (Wildman–Crippen LogP) is 4.06. The number of carbonyl (C=O) groups excluding carboxylic acids is 1. The van der Waals surface area contributed by atoms with E-state index >= 15 is 0 Å². The summed E-state index contributed by atoms with van der Waals surface area (Å²) in [4.78, 5) is 13.3. The lowest BCUT2D eigenvalue weighted by atomic mass is 9.98. The van der Waals surface area contributed by atoms with Crippen LogP contribution < -0.4 is 4.74 Å². The number of hydroxylamine groups is 2. The minimum atomic E-state index is -0.351. The van der Waals surface area contributed by atoms with Crippen molar-refractivity contribution in [2.75, 3.05) is 20.7 Å². The Balaban J connectivity index is 1.93. The summed E-state index contributed by atoms with van der Waals surface area (Å²) < 4.78 is 5.53. The number of nitrogens with zero attached hydrogens (tertiary/aromatic N) is 2. The van der Waals surface area contributed by atoms with Crippen LogP contribution in [0, 0.1) is 11.8 Å². The molecule has 2 aromatic carbocycles. The summed E-state index contributed by atoms with van der Waals surface area (Å²) in [6, 6.07) is 15.7. The molecule has 0 spiro atoms. The van der Waals surface area contributed by atoms with Gasteiger partial charge in [-0.2, -0.15) is 0 Å². The van der Waals surface area contributed by atoms with Gasteiger partial charge in [-0.25, -0.2) is 5.06 Å². The number of hydrogen-bond donors (Lipinski definition) is 1. The fourth-order valence-electron chi connectivity index (χ4n) is 3.18. The second-order valence-corrected chi connectivity index (χ2v) is 7.23. The Bertz CT molecular complexity index is 805. The Morgan fingerprint density at radius 2 is 1.72 bits per heavy atom. The third kappa shape index (κ3) is 7.61. The first-order valence-electron chi connectivity index (χ1n) is 9.81. The number of hydrogen-bond acceptors (Lipinski definition) is 4. The van der Waals surface area contributed by atoms with Gasteiger partial charge in [0, 0.05) is 6.54 Å². The van der Waals surface area contributed by atoms with E-state index in [2.05, 4.69) is 16.7 Å².